The van der Waals surface area contributed by atoms with Crippen LogP contribution in [-0.4, -0.2) is 23.6 Å². The van der Waals surface area contributed by atoms with E-state index in [0.717, 1.165) is 0 Å². The first-order chi connectivity index (χ1) is 13.3. The lowest BCUT2D eigenvalue weighted by atomic mass is 9.74. The van der Waals surface area contributed by atoms with Crippen molar-refractivity contribution in [3.05, 3.63) is 65.5 Å². The van der Waals surface area contributed by atoms with E-state index in [1.807, 2.05) is 0 Å². The summed E-state index contributed by atoms with van der Waals surface area (Å²) in [6, 6.07) is 12.4. The van der Waals surface area contributed by atoms with E-state index in [2.05, 4.69) is 5.32 Å². The molecule has 2 atom stereocenters. The Bertz CT molecular complexity index is 949. The number of amides is 1. The maximum atomic E-state index is 13.5. The number of anilines is 1. The average Bonchev–Trinajstić information content (AvgIpc) is 2.94. The molecule has 0 saturated carbocycles. The van der Waals surface area contributed by atoms with Crippen LogP contribution in [0.25, 0.3) is 0 Å². The number of hydrogen-bond donors (Lipinski definition) is 1. The molecule has 0 bridgehead atoms. The van der Waals surface area contributed by atoms with Gasteiger partial charge in [0.2, 0.25) is 5.91 Å². The van der Waals surface area contributed by atoms with Gasteiger partial charge in [0.25, 0.3) is 5.79 Å². The third kappa shape index (κ3) is 3.02. The number of halogens is 1. The zero-order valence-corrected chi connectivity index (χ0v) is 15.3. The number of nitrogens with one attached hydrogen (secondary N) is 1. The van der Waals surface area contributed by atoms with Crippen LogP contribution in [0.15, 0.2) is 48.5 Å². The van der Waals surface area contributed by atoms with Crippen LogP contribution < -0.4 is 5.32 Å². The lowest BCUT2D eigenvalue weighted by Gasteiger charge is -2.37. The second kappa shape index (κ2) is 6.44. The SMILES string of the molecule is CC1(C)OC(=O)C(C(c2ccc(F)cc2)C2C(=O)Nc3ccccc32)C(=O)O1. The first-order valence-corrected chi connectivity index (χ1v) is 8.88. The van der Waals surface area contributed by atoms with E-state index < -0.39 is 41.3 Å². The molecule has 1 fully saturated rings. The molecule has 6 nitrogen and oxygen atoms in total. The van der Waals surface area contributed by atoms with E-state index in [1.165, 1.54) is 38.1 Å². The Balaban J connectivity index is 1.84. The fourth-order valence-corrected chi connectivity index (χ4v) is 3.87. The molecule has 1 N–H and O–H groups in total. The van der Waals surface area contributed by atoms with Crippen LogP contribution in [0, 0.1) is 11.7 Å². The minimum absolute atomic E-state index is 0.346. The first kappa shape index (κ1) is 18.2. The Kier molecular flexibility index (Phi) is 4.18. The molecular weight excluding hydrogens is 365 g/mol. The van der Waals surface area contributed by atoms with Gasteiger partial charge in [-0.15, -0.1) is 0 Å². The van der Waals surface area contributed by atoms with Crippen molar-refractivity contribution < 1.29 is 28.2 Å². The summed E-state index contributed by atoms with van der Waals surface area (Å²) in [4.78, 5) is 38.3. The quantitative estimate of drug-likeness (QED) is 0.651. The number of benzene rings is 2. The Labute approximate surface area is 160 Å². The van der Waals surface area contributed by atoms with Gasteiger partial charge in [-0.1, -0.05) is 30.3 Å². The van der Waals surface area contributed by atoms with Gasteiger partial charge in [0.05, 0.1) is 5.92 Å². The van der Waals surface area contributed by atoms with E-state index in [1.54, 1.807) is 24.3 Å². The molecule has 2 aromatic rings. The molecule has 2 aliphatic heterocycles. The van der Waals surface area contributed by atoms with Crippen LogP contribution in [0.4, 0.5) is 10.1 Å². The maximum Gasteiger partial charge on any atom is 0.324 e. The van der Waals surface area contributed by atoms with Crippen molar-refractivity contribution in [3.8, 4) is 0 Å². The van der Waals surface area contributed by atoms with E-state index >= 15 is 0 Å². The Morgan fingerprint density at radius 1 is 0.929 bits per heavy atom. The number of carbonyl (C=O) groups excluding carboxylic acids is 3. The normalized spacial score (nSPS) is 22.1. The molecule has 1 amide bonds. The van der Waals surface area contributed by atoms with Crippen molar-refractivity contribution in [3.63, 3.8) is 0 Å². The number of hydrogen-bond acceptors (Lipinski definition) is 5. The number of cyclic esters (lactones) is 2. The van der Waals surface area contributed by atoms with Crippen LogP contribution in [0.2, 0.25) is 0 Å². The highest BCUT2D eigenvalue weighted by atomic mass is 19.1. The van der Waals surface area contributed by atoms with Crippen molar-refractivity contribution in [2.45, 2.75) is 31.5 Å². The lowest BCUT2D eigenvalue weighted by Crippen LogP contribution is -2.49. The molecule has 0 aromatic heterocycles. The third-order valence-electron chi connectivity index (χ3n) is 5.01. The Morgan fingerprint density at radius 3 is 2.18 bits per heavy atom. The predicted molar refractivity (Wildman–Crippen MR) is 96.7 cm³/mol. The summed E-state index contributed by atoms with van der Waals surface area (Å²) < 4.78 is 24.0. The van der Waals surface area contributed by atoms with E-state index in [0.29, 0.717) is 16.8 Å². The van der Waals surface area contributed by atoms with Crippen molar-refractivity contribution >= 4 is 23.5 Å². The lowest BCUT2D eigenvalue weighted by molar-refractivity contribution is -0.241. The molecule has 2 aromatic carbocycles. The molecule has 1 saturated heterocycles. The summed E-state index contributed by atoms with van der Waals surface area (Å²) in [7, 11) is 0. The molecule has 4 rings (SSSR count). The van der Waals surface area contributed by atoms with Crippen LogP contribution >= 0.6 is 0 Å². The summed E-state index contributed by atoms with van der Waals surface area (Å²) in [6.07, 6.45) is 0. The minimum atomic E-state index is -1.38. The predicted octanol–water partition coefficient (Wildman–Crippen LogP) is 3.10. The molecule has 7 heteroatoms. The summed E-state index contributed by atoms with van der Waals surface area (Å²) in [5, 5.41) is 2.78. The number of carbonyl (C=O) groups is 3. The van der Waals surface area contributed by atoms with Gasteiger partial charge in [0.1, 0.15) is 5.82 Å². The third-order valence-corrected chi connectivity index (χ3v) is 5.01. The molecule has 0 aliphatic carbocycles. The zero-order chi connectivity index (χ0) is 20.1. The summed E-state index contributed by atoms with van der Waals surface area (Å²) in [5.74, 6) is -6.81. The van der Waals surface area contributed by atoms with Gasteiger partial charge in [0, 0.05) is 25.5 Å². The highest BCUT2D eigenvalue weighted by molar-refractivity contribution is 6.06. The molecule has 2 aliphatic rings. The fourth-order valence-electron chi connectivity index (χ4n) is 3.87. The van der Waals surface area contributed by atoms with Crippen LogP contribution in [0.5, 0.6) is 0 Å². The van der Waals surface area contributed by atoms with Crippen LogP contribution in [-0.2, 0) is 23.9 Å². The van der Waals surface area contributed by atoms with Gasteiger partial charge in [-0.3, -0.25) is 14.4 Å². The standard InChI is InChI=1S/C21H18FNO5/c1-21(2)27-19(25)17(20(26)28-21)15(11-7-9-12(22)10-8-11)16-13-5-3-4-6-14(13)23-18(16)24/h3-10,15-17H,1-2H3,(H,23,24). The van der Waals surface area contributed by atoms with Crippen LogP contribution in [0.1, 0.15) is 36.8 Å². The van der Waals surface area contributed by atoms with Gasteiger partial charge < -0.3 is 14.8 Å². The highest BCUT2D eigenvalue weighted by Crippen LogP contribution is 2.47. The van der Waals surface area contributed by atoms with E-state index in [4.69, 9.17) is 9.47 Å². The smallest absolute Gasteiger partial charge is 0.324 e. The summed E-state index contributed by atoms with van der Waals surface area (Å²) >= 11 is 0. The molecule has 2 unspecified atom stereocenters. The van der Waals surface area contributed by atoms with Crippen molar-refractivity contribution in [2.75, 3.05) is 5.32 Å². The number of ether oxygens (including phenoxy) is 2. The van der Waals surface area contributed by atoms with Crippen molar-refractivity contribution in [1.29, 1.82) is 0 Å². The molecule has 0 radical (unpaired) electrons. The second-order valence-electron chi connectivity index (χ2n) is 7.35. The van der Waals surface area contributed by atoms with E-state index in [-0.39, 0.29) is 5.91 Å². The Hall–Kier alpha value is -3.22. The van der Waals surface area contributed by atoms with Gasteiger partial charge in [-0.05, 0) is 29.3 Å². The molecule has 0 spiro atoms. The average molecular weight is 383 g/mol. The topological polar surface area (TPSA) is 81.7 Å². The van der Waals surface area contributed by atoms with Gasteiger partial charge >= 0.3 is 11.9 Å². The van der Waals surface area contributed by atoms with Gasteiger partial charge in [0.15, 0.2) is 5.92 Å². The second-order valence-corrected chi connectivity index (χ2v) is 7.35. The molecule has 144 valence electrons. The number of esters is 2. The maximum absolute atomic E-state index is 13.5. The molecular formula is C21H18FNO5. The van der Waals surface area contributed by atoms with E-state index in [9.17, 15) is 18.8 Å². The van der Waals surface area contributed by atoms with Gasteiger partial charge in [-0.2, -0.15) is 0 Å². The minimum Gasteiger partial charge on any atom is -0.422 e. The number of para-hydroxylation sites is 1. The number of rotatable bonds is 3. The first-order valence-electron chi connectivity index (χ1n) is 8.88. The Morgan fingerprint density at radius 2 is 1.54 bits per heavy atom. The summed E-state index contributed by atoms with van der Waals surface area (Å²) in [6.45, 7) is 2.92. The molecule has 2 heterocycles. The van der Waals surface area contributed by atoms with Crippen molar-refractivity contribution in [2.24, 2.45) is 5.92 Å². The van der Waals surface area contributed by atoms with Crippen LogP contribution in [0.3, 0.4) is 0 Å². The highest BCUT2D eigenvalue weighted by Gasteiger charge is 2.52. The number of fused-ring (bicyclic) bond motifs is 1. The van der Waals surface area contributed by atoms with Crippen molar-refractivity contribution in [1.82, 2.24) is 0 Å². The zero-order valence-electron chi connectivity index (χ0n) is 15.3. The largest absolute Gasteiger partial charge is 0.422 e. The van der Waals surface area contributed by atoms with Gasteiger partial charge in [-0.25, -0.2) is 4.39 Å². The monoisotopic (exact) mass is 383 g/mol. The summed E-state index contributed by atoms with van der Waals surface area (Å²) in [5.41, 5.74) is 1.74. The molecule has 28 heavy (non-hydrogen) atoms. The fraction of sp³-hybridized carbons (Fsp3) is 0.286.